The lowest BCUT2D eigenvalue weighted by Crippen LogP contribution is -2.45. The molecule has 0 bridgehead atoms. The van der Waals surface area contributed by atoms with Gasteiger partial charge in [0.25, 0.3) is 0 Å². The van der Waals surface area contributed by atoms with Crippen LogP contribution in [0.2, 0.25) is 0 Å². The molecule has 1 unspecified atom stereocenters. The minimum atomic E-state index is -4.09. The molecule has 17 heavy (non-hydrogen) atoms. The van der Waals surface area contributed by atoms with Gasteiger partial charge in [-0.3, -0.25) is 4.90 Å². The number of nitrogens with zero attached hydrogens (tertiary/aromatic N) is 1. The van der Waals surface area contributed by atoms with Crippen LogP contribution in [0.4, 0.5) is 13.2 Å². The predicted octanol–water partition coefficient (Wildman–Crippen LogP) is 2.65. The summed E-state index contributed by atoms with van der Waals surface area (Å²) in [6, 6.07) is 0.234. The van der Waals surface area contributed by atoms with Crippen molar-refractivity contribution in [1.82, 2.24) is 10.2 Å². The van der Waals surface area contributed by atoms with Crippen LogP contribution in [0.5, 0.6) is 0 Å². The average molecular weight is 252 g/mol. The summed E-state index contributed by atoms with van der Waals surface area (Å²) >= 11 is 0. The van der Waals surface area contributed by atoms with E-state index < -0.39 is 12.7 Å². The molecule has 1 aliphatic carbocycles. The molecule has 1 N–H and O–H groups in total. The SMILES string of the molecule is CCCNC(CN(CC)CC(F)(F)F)C1CC1. The third-order valence-corrected chi connectivity index (χ3v) is 3.15. The van der Waals surface area contributed by atoms with Crippen molar-refractivity contribution in [2.75, 3.05) is 26.2 Å². The summed E-state index contributed by atoms with van der Waals surface area (Å²) in [4.78, 5) is 1.49. The molecule has 0 heterocycles. The molecule has 1 rings (SSSR count). The Morgan fingerprint density at radius 1 is 1.29 bits per heavy atom. The van der Waals surface area contributed by atoms with Gasteiger partial charge in [0.2, 0.25) is 0 Å². The first-order chi connectivity index (χ1) is 7.96. The fraction of sp³-hybridized carbons (Fsp3) is 1.00. The van der Waals surface area contributed by atoms with Gasteiger partial charge in [-0.25, -0.2) is 0 Å². The fourth-order valence-corrected chi connectivity index (χ4v) is 2.05. The molecular formula is C12H23F3N2. The van der Waals surface area contributed by atoms with Gasteiger partial charge < -0.3 is 5.32 Å². The summed E-state index contributed by atoms with van der Waals surface area (Å²) in [6.45, 7) is 4.93. The Morgan fingerprint density at radius 2 is 1.94 bits per heavy atom. The molecule has 5 heteroatoms. The van der Waals surface area contributed by atoms with Crippen LogP contribution in [-0.4, -0.2) is 43.3 Å². The van der Waals surface area contributed by atoms with Crippen LogP contribution < -0.4 is 5.32 Å². The average Bonchev–Trinajstić information content (AvgIpc) is 3.04. The van der Waals surface area contributed by atoms with Gasteiger partial charge in [0, 0.05) is 12.6 Å². The molecule has 102 valence electrons. The van der Waals surface area contributed by atoms with Crippen LogP contribution in [0.15, 0.2) is 0 Å². The van der Waals surface area contributed by atoms with Crippen molar-refractivity contribution in [3.05, 3.63) is 0 Å². The van der Waals surface area contributed by atoms with Gasteiger partial charge in [0.05, 0.1) is 6.54 Å². The second-order valence-corrected chi connectivity index (χ2v) is 4.84. The van der Waals surface area contributed by atoms with Crippen LogP contribution in [-0.2, 0) is 0 Å². The number of halogens is 3. The number of alkyl halides is 3. The van der Waals surface area contributed by atoms with E-state index in [-0.39, 0.29) is 6.04 Å². The fourth-order valence-electron chi connectivity index (χ4n) is 2.05. The number of likely N-dealkylation sites (N-methyl/N-ethyl adjacent to an activating group) is 1. The van der Waals surface area contributed by atoms with Crippen molar-refractivity contribution in [2.45, 2.75) is 45.3 Å². The monoisotopic (exact) mass is 252 g/mol. The summed E-state index contributed by atoms with van der Waals surface area (Å²) in [6.07, 6.45) is -0.751. The lowest BCUT2D eigenvalue weighted by atomic mass is 10.1. The van der Waals surface area contributed by atoms with Crippen LogP contribution in [0.1, 0.15) is 33.1 Å². The topological polar surface area (TPSA) is 15.3 Å². The molecule has 0 aromatic heterocycles. The molecule has 2 nitrogen and oxygen atoms in total. The van der Waals surface area contributed by atoms with Crippen LogP contribution in [0, 0.1) is 5.92 Å². The highest BCUT2D eigenvalue weighted by Crippen LogP contribution is 2.33. The maximum absolute atomic E-state index is 12.3. The Labute approximate surface area is 102 Å². The second kappa shape index (κ2) is 6.59. The van der Waals surface area contributed by atoms with E-state index in [1.165, 1.54) is 4.90 Å². The zero-order valence-electron chi connectivity index (χ0n) is 10.7. The quantitative estimate of drug-likeness (QED) is 0.714. The Balaban J connectivity index is 2.39. The minimum Gasteiger partial charge on any atom is -0.312 e. The van der Waals surface area contributed by atoms with Gasteiger partial charge in [-0.2, -0.15) is 13.2 Å². The molecule has 0 aliphatic heterocycles. The largest absolute Gasteiger partial charge is 0.401 e. The van der Waals surface area contributed by atoms with Gasteiger partial charge in [-0.15, -0.1) is 0 Å². The third-order valence-electron chi connectivity index (χ3n) is 3.15. The van der Waals surface area contributed by atoms with E-state index in [1.54, 1.807) is 6.92 Å². The standard InChI is InChI=1S/C12H23F3N2/c1-3-7-16-11(10-5-6-10)8-17(4-2)9-12(13,14)15/h10-11,16H,3-9H2,1-2H3. The molecule has 0 aromatic carbocycles. The normalized spacial score (nSPS) is 18.7. The van der Waals surface area contributed by atoms with E-state index in [1.807, 2.05) is 0 Å². The zero-order valence-corrected chi connectivity index (χ0v) is 10.7. The van der Waals surface area contributed by atoms with E-state index in [0.717, 1.165) is 25.8 Å². The number of hydrogen-bond donors (Lipinski definition) is 1. The van der Waals surface area contributed by atoms with Crippen molar-refractivity contribution < 1.29 is 13.2 Å². The summed E-state index contributed by atoms with van der Waals surface area (Å²) in [5.41, 5.74) is 0. The molecule has 0 aromatic rings. The van der Waals surface area contributed by atoms with Crippen LogP contribution >= 0.6 is 0 Å². The van der Waals surface area contributed by atoms with Crippen molar-refractivity contribution in [2.24, 2.45) is 5.92 Å². The summed E-state index contributed by atoms with van der Waals surface area (Å²) in [5, 5.41) is 3.37. The number of hydrogen-bond acceptors (Lipinski definition) is 2. The second-order valence-electron chi connectivity index (χ2n) is 4.84. The summed E-state index contributed by atoms with van der Waals surface area (Å²) in [5.74, 6) is 0.587. The first-order valence-electron chi connectivity index (χ1n) is 6.48. The zero-order chi connectivity index (χ0) is 12.9. The Bertz CT molecular complexity index is 214. The van der Waals surface area contributed by atoms with Gasteiger partial charge in [0.1, 0.15) is 0 Å². The van der Waals surface area contributed by atoms with Crippen LogP contribution in [0.3, 0.4) is 0 Å². The van der Waals surface area contributed by atoms with Crippen LogP contribution in [0.25, 0.3) is 0 Å². The first kappa shape index (κ1) is 14.8. The third kappa shape index (κ3) is 6.27. The Hall–Kier alpha value is -0.290. The maximum atomic E-state index is 12.3. The van der Waals surface area contributed by atoms with Gasteiger partial charge >= 0.3 is 6.18 Å². The highest BCUT2D eigenvalue weighted by atomic mass is 19.4. The van der Waals surface area contributed by atoms with Gasteiger partial charge in [-0.05, 0) is 38.3 Å². The highest BCUT2D eigenvalue weighted by molar-refractivity contribution is 4.88. The lowest BCUT2D eigenvalue weighted by Gasteiger charge is -2.28. The molecule has 0 saturated heterocycles. The van der Waals surface area contributed by atoms with Crippen molar-refractivity contribution in [3.63, 3.8) is 0 Å². The molecule has 0 spiro atoms. The molecule has 1 atom stereocenters. The number of rotatable bonds is 8. The molecule has 0 radical (unpaired) electrons. The molecular weight excluding hydrogens is 229 g/mol. The van der Waals surface area contributed by atoms with Crippen molar-refractivity contribution in [1.29, 1.82) is 0 Å². The molecule has 1 saturated carbocycles. The van der Waals surface area contributed by atoms with E-state index in [0.29, 0.717) is 19.0 Å². The number of nitrogens with one attached hydrogen (secondary N) is 1. The van der Waals surface area contributed by atoms with Crippen molar-refractivity contribution in [3.8, 4) is 0 Å². The summed E-state index contributed by atoms with van der Waals surface area (Å²) < 4.78 is 37.0. The molecule has 0 amide bonds. The van der Waals surface area contributed by atoms with Gasteiger partial charge in [0.15, 0.2) is 0 Å². The predicted molar refractivity (Wildman–Crippen MR) is 63.0 cm³/mol. The van der Waals surface area contributed by atoms with E-state index in [9.17, 15) is 13.2 Å². The maximum Gasteiger partial charge on any atom is 0.401 e. The Kier molecular flexibility index (Phi) is 5.73. The minimum absolute atomic E-state index is 0.234. The summed E-state index contributed by atoms with van der Waals surface area (Å²) in [7, 11) is 0. The Morgan fingerprint density at radius 3 is 2.35 bits per heavy atom. The molecule has 1 aliphatic rings. The molecule has 1 fully saturated rings. The van der Waals surface area contributed by atoms with E-state index in [2.05, 4.69) is 12.2 Å². The smallest absolute Gasteiger partial charge is 0.312 e. The first-order valence-corrected chi connectivity index (χ1v) is 6.48. The van der Waals surface area contributed by atoms with Crippen molar-refractivity contribution >= 4 is 0 Å². The van der Waals surface area contributed by atoms with Gasteiger partial charge in [-0.1, -0.05) is 13.8 Å². The highest BCUT2D eigenvalue weighted by Gasteiger charge is 2.35. The van der Waals surface area contributed by atoms with E-state index in [4.69, 9.17) is 0 Å². The van der Waals surface area contributed by atoms with E-state index >= 15 is 0 Å². The lowest BCUT2D eigenvalue weighted by molar-refractivity contribution is -0.146.